The highest BCUT2D eigenvalue weighted by Gasteiger charge is 2.27. The van der Waals surface area contributed by atoms with Gasteiger partial charge in [0.25, 0.3) is 0 Å². The lowest BCUT2D eigenvalue weighted by atomic mass is 10.2. The molecule has 124 valence electrons. The smallest absolute Gasteiger partial charge is 0.247 e. The molecule has 8 heteroatoms. The first-order chi connectivity index (χ1) is 11.7. The first-order valence-electron chi connectivity index (χ1n) is 7.96. The summed E-state index contributed by atoms with van der Waals surface area (Å²) in [6.45, 7) is 4.86. The lowest BCUT2D eigenvalue weighted by Gasteiger charge is -2.35. The lowest BCUT2D eigenvalue weighted by Crippen LogP contribution is -2.50. The third kappa shape index (κ3) is 2.73. The number of para-hydroxylation sites is 1. The molecule has 1 aliphatic heterocycles. The van der Waals surface area contributed by atoms with E-state index in [-0.39, 0.29) is 11.9 Å². The van der Waals surface area contributed by atoms with E-state index >= 15 is 0 Å². The summed E-state index contributed by atoms with van der Waals surface area (Å²) in [6, 6.07) is 7.85. The Balaban J connectivity index is 1.42. The SMILES string of the molecule is C[C@H](C(=O)N1CCN(c2nc3ccccc3s2)CC1)n1cncn1. The van der Waals surface area contributed by atoms with Crippen LogP contribution in [0, 0.1) is 0 Å². The quantitative estimate of drug-likeness (QED) is 0.726. The average molecular weight is 342 g/mol. The Bertz CT molecular complexity index is 804. The van der Waals surface area contributed by atoms with Crippen LogP contribution in [0.5, 0.6) is 0 Å². The number of hydrogen-bond donors (Lipinski definition) is 0. The maximum Gasteiger partial charge on any atom is 0.247 e. The van der Waals surface area contributed by atoms with E-state index in [0.29, 0.717) is 13.1 Å². The van der Waals surface area contributed by atoms with Gasteiger partial charge >= 0.3 is 0 Å². The van der Waals surface area contributed by atoms with E-state index in [1.54, 1.807) is 22.3 Å². The normalized spacial score (nSPS) is 16.5. The van der Waals surface area contributed by atoms with E-state index < -0.39 is 0 Å². The van der Waals surface area contributed by atoms with Crippen LogP contribution in [0.25, 0.3) is 10.2 Å². The molecule has 1 aromatic carbocycles. The number of nitrogens with zero attached hydrogens (tertiary/aromatic N) is 6. The van der Waals surface area contributed by atoms with Gasteiger partial charge in [-0.05, 0) is 19.1 Å². The second kappa shape index (κ2) is 6.20. The Morgan fingerprint density at radius 1 is 1.21 bits per heavy atom. The average Bonchev–Trinajstić information content (AvgIpc) is 3.30. The van der Waals surface area contributed by atoms with Gasteiger partial charge in [-0.2, -0.15) is 5.10 Å². The molecule has 24 heavy (non-hydrogen) atoms. The molecular formula is C16H18N6OS. The zero-order valence-electron chi connectivity index (χ0n) is 13.4. The van der Waals surface area contributed by atoms with Crippen LogP contribution in [-0.4, -0.2) is 56.7 Å². The molecule has 7 nitrogen and oxygen atoms in total. The van der Waals surface area contributed by atoms with Crippen LogP contribution < -0.4 is 4.90 Å². The number of fused-ring (bicyclic) bond motifs is 1. The minimum Gasteiger partial charge on any atom is -0.345 e. The van der Waals surface area contributed by atoms with Crippen LogP contribution in [-0.2, 0) is 4.79 Å². The van der Waals surface area contributed by atoms with Crippen LogP contribution in [0.3, 0.4) is 0 Å². The van der Waals surface area contributed by atoms with Gasteiger partial charge in [0.05, 0.1) is 10.2 Å². The number of carbonyl (C=O) groups is 1. The van der Waals surface area contributed by atoms with Gasteiger partial charge in [-0.25, -0.2) is 14.6 Å². The molecule has 3 aromatic rings. The first kappa shape index (κ1) is 15.1. The third-order valence-electron chi connectivity index (χ3n) is 4.34. The Morgan fingerprint density at radius 3 is 2.71 bits per heavy atom. The molecule has 3 heterocycles. The summed E-state index contributed by atoms with van der Waals surface area (Å²) in [5, 5.41) is 5.09. The second-order valence-electron chi connectivity index (χ2n) is 5.83. The van der Waals surface area contributed by atoms with Crippen molar-refractivity contribution >= 4 is 32.6 Å². The number of piperazine rings is 1. The molecule has 2 aromatic heterocycles. The minimum atomic E-state index is -0.318. The van der Waals surface area contributed by atoms with Crippen molar-refractivity contribution in [2.45, 2.75) is 13.0 Å². The van der Waals surface area contributed by atoms with Crippen LogP contribution >= 0.6 is 11.3 Å². The fraction of sp³-hybridized carbons (Fsp3) is 0.375. The molecular weight excluding hydrogens is 324 g/mol. The molecule has 1 atom stereocenters. The van der Waals surface area contributed by atoms with Crippen molar-refractivity contribution in [3.8, 4) is 0 Å². The molecule has 0 aliphatic carbocycles. The largest absolute Gasteiger partial charge is 0.345 e. The van der Waals surface area contributed by atoms with E-state index in [1.807, 2.05) is 30.0 Å². The lowest BCUT2D eigenvalue weighted by molar-refractivity contribution is -0.134. The molecule has 0 radical (unpaired) electrons. The Labute approximate surface area is 143 Å². The number of benzene rings is 1. The third-order valence-corrected chi connectivity index (χ3v) is 5.43. The van der Waals surface area contributed by atoms with E-state index in [1.165, 1.54) is 11.0 Å². The maximum absolute atomic E-state index is 12.6. The number of amides is 1. The molecule has 0 spiro atoms. The summed E-state index contributed by atoms with van der Waals surface area (Å²) in [4.78, 5) is 25.4. The van der Waals surface area contributed by atoms with Gasteiger partial charge in [0.15, 0.2) is 5.13 Å². The van der Waals surface area contributed by atoms with Gasteiger partial charge in [0.1, 0.15) is 18.7 Å². The van der Waals surface area contributed by atoms with E-state index in [9.17, 15) is 4.79 Å². The highest BCUT2D eigenvalue weighted by molar-refractivity contribution is 7.22. The van der Waals surface area contributed by atoms with Crippen molar-refractivity contribution in [1.82, 2.24) is 24.6 Å². The summed E-state index contributed by atoms with van der Waals surface area (Å²) in [5.41, 5.74) is 1.04. The summed E-state index contributed by atoms with van der Waals surface area (Å²) >= 11 is 1.71. The fourth-order valence-corrected chi connectivity index (χ4v) is 3.93. The van der Waals surface area contributed by atoms with Crippen LogP contribution in [0.1, 0.15) is 13.0 Å². The van der Waals surface area contributed by atoms with Crippen LogP contribution in [0.2, 0.25) is 0 Å². The van der Waals surface area contributed by atoms with Crippen molar-refractivity contribution in [3.05, 3.63) is 36.9 Å². The summed E-state index contributed by atoms with van der Waals surface area (Å²) in [6.07, 6.45) is 3.04. The zero-order chi connectivity index (χ0) is 16.5. The van der Waals surface area contributed by atoms with Gasteiger partial charge in [-0.1, -0.05) is 23.5 Å². The molecule has 1 fully saturated rings. The minimum absolute atomic E-state index is 0.0875. The predicted octanol–water partition coefficient (Wildman–Crippen LogP) is 1.80. The number of thiazole rings is 1. The van der Waals surface area contributed by atoms with Crippen molar-refractivity contribution < 1.29 is 4.79 Å². The summed E-state index contributed by atoms with van der Waals surface area (Å²) in [7, 11) is 0. The Kier molecular flexibility index (Phi) is 3.89. The number of carbonyl (C=O) groups excluding carboxylic acids is 1. The predicted molar refractivity (Wildman–Crippen MR) is 93.1 cm³/mol. The Morgan fingerprint density at radius 2 is 2.00 bits per heavy atom. The number of anilines is 1. The molecule has 1 amide bonds. The molecule has 4 rings (SSSR count). The van der Waals surface area contributed by atoms with Crippen molar-refractivity contribution in [2.24, 2.45) is 0 Å². The van der Waals surface area contributed by atoms with E-state index in [4.69, 9.17) is 4.98 Å². The van der Waals surface area contributed by atoms with Gasteiger partial charge in [-0.15, -0.1) is 0 Å². The summed E-state index contributed by atoms with van der Waals surface area (Å²) in [5.74, 6) is 0.0875. The highest BCUT2D eigenvalue weighted by Crippen LogP contribution is 2.29. The Hall–Kier alpha value is -2.48. The van der Waals surface area contributed by atoms with Crippen molar-refractivity contribution in [3.63, 3.8) is 0 Å². The number of aromatic nitrogens is 4. The molecule has 1 aliphatic rings. The standard InChI is InChI=1S/C16H18N6OS/c1-12(22-11-17-10-18-22)15(23)20-6-8-21(9-7-20)16-19-13-4-2-3-5-14(13)24-16/h2-5,10-12H,6-9H2,1H3/t12-/m1/s1. The zero-order valence-corrected chi connectivity index (χ0v) is 14.2. The van der Waals surface area contributed by atoms with E-state index in [0.717, 1.165) is 23.7 Å². The molecule has 1 saturated heterocycles. The van der Waals surface area contributed by atoms with Crippen LogP contribution in [0.15, 0.2) is 36.9 Å². The topological polar surface area (TPSA) is 67.2 Å². The summed E-state index contributed by atoms with van der Waals surface area (Å²) < 4.78 is 2.80. The monoisotopic (exact) mass is 342 g/mol. The first-order valence-corrected chi connectivity index (χ1v) is 8.77. The van der Waals surface area contributed by atoms with Crippen molar-refractivity contribution in [2.75, 3.05) is 31.1 Å². The molecule has 0 unspecified atom stereocenters. The number of hydrogen-bond acceptors (Lipinski definition) is 6. The highest BCUT2D eigenvalue weighted by atomic mass is 32.1. The van der Waals surface area contributed by atoms with E-state index in [2.05, 4.69) is 21.0 Å². The van der Waals surface area contributed by atoms with Gasteiger partial charge in [0, 0.05) is 26.2 Å². The van der Waals surface area contributed by atoms with Gasteiger partial charge in [-0.3, -0.25) is 4.79 Å². The maximum atomic E-state index is 12.6. The van der Waals surface area contributed by atoms with Gasteiger partial charge < -0.3 is 9.80 Å². The van der Waals surface area contributed by atoms with Crippen LogP contribution in [0.4, 0.5) is 5.13 Å². The second-order valence-corrected chi connectivity index (χ2v) is 6.84. The molecule has 0 bridgehead atoms. The molecule has 0 N–H and O–H groups in total. The fourth-order valence-electron chi connectivity index (χ4n) is 2.91. The number of rotatable bonds is 3. The van der Waals surface area contributed by atoms with Gasteiger partial charge in [0.2, 0.25) is 5.91 Å². The van der Waals surface area contributed by atoms with Crippen molar-refractivity contribution in [1.29, 1.82) is 0 Å². The molecule has 0 saturated carbocycles.